The Morgan fingerprint density at radius 1 is 1.10 bits per heavy atom. The van der Waals surface area contributed by atoms with E-state index in [1.54, 1.807) is 0 Å². The molecule has 3 heteroatoms. The molecule has 0 spiro atoms. The molecular weight excluding hydrogens is 248 g/mol. The van der Waals surface area contributed by atoms with Crippen LogP contribution in [0.25, 0.3) is 0 Å². The van der Waals surface area contributed by atoms with Crippen molar-refractivity contribution >= 4 is 5.69 Å². The number of anilines is 1. The second kappa shape index (κ2) is 9.65. The van der Waals surface area contributed by atoms with Crippen molar-refractivity contribution in [2.24, 2.45) is 0 Å². The molecule has 0 fully saturated rings. The normalized spacial score (nSPS) is 11.0. The lowest BCUT2D eigenvalue weighted by Crippen LogP contribution is -2.26. The number of nitrogen functional groups attached to an aromatic ring is 1. The molecule has 0 aliphatic carbocycles. The van der Waals surface area contributed by atoms with Crippen molar-refractivity contribution in [2.75, 3.05) is 32.0 Å². The molecule has 0 aliphatic heterocycles. The SMILES string of the molecule is CCCCN(CC)CCc1ccc(OCCC)c(N)c1. The summed E-state index contributed by atoms with van der Waals surface area (Å²) in [5.41, 5.74) is 8.09. The van der Waals surface area contributed by atoms with Crippen molar-refractivity contribution in [3.8, 4) is 5.75 Å². The maximum atomic E-state index is 6.04. The minimum absolute atomic E-state index is 0.726. The molecule has 1 aromatic carbocycles. The summed E-state index contributed by atoms with van der Waals surface area (Å²) in [6.45, 7) is 10.7. The molecule has 0 aromatic heterocycles. The fraction of sp³-hybridized carbons (Fsp3) is 0.647. The Morgan fingerprint density at radius 3 is 2.50 bits per heavy atom. The van der Waals surface area contributed by atoms with E-state index in [1.165, 1.54) is 24.9 Å². The zero-order valence-electron chi connectivity index (χ0n) is 13.3. The molecule has 3 nitrogen and oxygen atoms in total. The summed E-state index contributed by atoms with van der Waals surface area (Å²) in [5, 5.41) is 0. The molecule has 0 aliphatic rings. The van der Waals surface area contributed by atoms with Crippen LogP contribution in [0, 0.1) is 0 Å². The first-order chi connectivity index (χ1) is 9.71. The van der Waals surface area contributed by atoms with Gasteiger partial charge in [0, 0.05) is 6.54 Å². The van der Waals surface area contributed by atoms with Crippen LogP contribution in [-0.4, -0.2) is 31.1 Å². The Bertz CT molecular complexity index is 379. The van der Waals surface area contributed by atoms with E-state index in [9.17, 15) is 0 Å². The van der Waals surface area contributed by atoms with Gasteiger partial charge in [0.05, 0.1) is 12.3 Å². The van der Waals surface area contributed by atoms with Crippen molar-refractivity contribution < 1.29 is 4.74 Å². The molecule has 0 heterocycles. The predicted octanol–water partition coefficient (Wildman–Crippen LogP) is 3.72. The van der Waals surface area contributed by atoms with Gasteiger partial charge in [0.15, 0.2) is 0 Å². The number of benzene rings is 1. The first-order valence-corrected chi connectivity index (χ1v) is 7.94. The molecule has 114 valence electrons. The van der Waals surface area contributed by atoms with Gasteiger partial charge in [-0.25, -0.2) is 0 Å². The number of nitrogens with zero attached hydrogens (tertiary/aromatic N) is 1. The van der Waals surface area contributed by atoms with Gasteiger partial charge in [0.2, 0.25) is 0 Å². The highest BCUT2D eigenvalue weighted by Gasteiger charge is 2.05. The fourth-order valence-electron chi connectivity index (χ4n) is 2.19. The van der Waals surface area contributed by atoms with E-state index in [2.05, 4.69) is 37.8 Å². The number of rotatable bonds is 10. The van der Waals surface area contributed by atoms with Crippen LogP contribution in [0.4, 0.5) is 5.69 Å². The first kappa shape index (κ1) is 16.8. The summed E-state index contributed by atoms with van der Waals surface area (Å²) in [6.07, 6.45) is 4.59. The van der Waals surface area contributed by atoms with E-state index >= 15 is 0 Å². The Labute approximate surface area is 124 Å². The quantitative estimate of drug-likeness (QED) is 0.663. The molecule has 0 saturated carbocycles. The van der Waals surface area contributed by atoms with Crippen LogP contribution in [-0.2, 0) is 6.42 Å². The third kappa shape index (κ3) is 5.83. The zero-order chi connectivity index (χ0) is 14.8. The molecule has 0 saturated heterocycles. The number of unbranched alkanes of at least 4 members (excludes halogenated alkanes) is 1. The van der Waals surface area contributed by atoms with Gasteiger partial charge in [0.25, 0.3) is 0 Å². The molecule has 1 rings (SSSR count). The molecule has 0 bridgehead atoms. The molecule has 2 N–H and O–H groups in total. The molecule has 0 radical (unpaired) electrons. The molecule has 0 amide bonds. The van der Waals surface area contributed by atoms with Gasteiger partial charge in [0.1, 0.15) is 5.75 Å². The van der Waals surface area contributed by atoms with Crippen LogP contribution in [0.1, 0.15) is 45.6 Å². The highest BCUT2D eigenvalue weighted by Crippen LogP contribution is 2.23. The third-order valence-corrected chi connectivity index (χ3v) is 3.53. The molecule has 0 unspecified atom stereocenters. The maximum absolute atomic E-state index is 6.04. The van der Waals surface area contributed by atoms with E-state index < -0.39 is 0 Å². The molecule has 1 aromatic rings. The van der Waals surface area contributed by atoms with Crippen molar-refractivity contribution in [2.45, 2.75) is 46.5 Å². The van der Waals surface area contributed by atoms with Crippen molar-refractivity contribution in [1.82, 2.24) is 4.90 Å². The van der Waals surface area contributed by atoms with Crippen LogP contribution < -0.4 is 10.5 Å². The topological polar surface area (TPSA) is 38.5 Å². The number of likely N-dealkylation sites (N-methyl/N-ethyl adjacent to an activating group) is 1. The lowest BCUT2D eigenvalue weighted by molar-refractivity contribution is 0.287. The van der Waals surface area contributed by atoms with E-state index in [4.69, 9.17) is 10.5 Å². The second-order valence-corrected chi connectivity index (χ2v) is 5.26. The van der Waals surface area contributed by atoms with Crippen molar-refractivity contribution in [1.29, 1.82) is 0 Å². The van der Waals surface area contributed by atoms with Gasteiger partial charge in [-0.1, -0.05) is 33.3 Å². The standard InChI is InChI=1S/C17H30N2O/c1-4-7-11-19(6-3)12-10-15-8-9-17(16(18)14-15)20-13-5-2/h8-9,14H,4-7,10-13,18H2,1-3H3. The summed E-state index contributed by atoms with van der Waals surface area (Å²) < 4.78 is 5.61. The van der Waals surface area contributed by atoms with Gasteiger partial charge in [-0.2, -0.15) is 0 Å². The van der Waals surface area contributed by atoms with Crippen molar-refractivity contribution in [3.63, 3.8) is 0 Å². The zero-order valence-corrected chi connectivity index (χ0v) is 13.3. The smallest absolute Gasteiger partial charge is 0.142 e. The first-order valence-electron chi connectivity index (χ1n) is 7.94. The average Bonchev–Trinajstić information content (AvgIpc) is 2.46. The highest BCUT2D eigenvalue weighted by molar-refractivity contribution is 5.54. The van der Waals surface area contributed by atoms with Crippen molar-refractivity contribution in [3.05, 3.63) is 23.8 Å². The number of ether oxygens (including phenoxy) is 1. The summed E-state index contributed by atoms with van der Waals surface area (Å²) in [5.74, 6) is 0.814. The summed E-state index contributed by atoms with van der Waals surface area (Å²) >= 11 is 0. The van der Waals surface area contributed by atoms with E-state index in [-0.39, 0.29) is 0 Å². The van der Waals surface area contributed by atoms with Gasteiger partial charge in [-0.3, -0.25) is 0 Å². The summed E-state index contributed by atoms with van der Waals surface area (Å²) in [6, 6.07) is 6.19. The Morgan fingerprint density at radius 2 is 1.90 bits per heavy atom. The van der Waals surface area contributed by atoms with Crippen LogP contribution in [0.3, 0.4) is 0 Å². The highest BCUT2D eigenvalue weighted by atomic mass is 16.5. The minimum atomic E-state index is 0.726. The van der Waals surface area contributed by atoms with Crippen LogP contribution >= 0.6 is 0 Å². The average molecular weight is 278 g/mol. The lowest BCUT2D eigenvalue weighted by Gasteiger charge is -2.20. The van der Waals surface area contributed by atoms with Gasteiger partial charge in [-0.05, 0) is 50.0 Å². The maximum Gasteiger partial charge on any atom is 0.142 e. The van der Waals surface area contributed by atoms with Crippen LogP contribution in [0.15, 0.2) is 18.2 Å². The summed E-state index contributed by atoms with van der Waals surface area (Å²) in [4.78, 5) is 2.50. The third-order valence-electron chi connectivity index (χ3n) is 3.53. The lowest BCUT2D eigenvalue weighted by atomic mass is 10.1. The molecule has 0 atom stereocenters. The minimum Gasteiger partial charge on any atom is -0.491 e. The Hall–Kier alpha value is -1.22. The Kier molecular flexibility index (Phi) is 8.12. The predicted molar refractivity (Wildman–Crippen MR) is 87.4 cm³/mol. The van der Waals surface area contributed by atoms with Gasteiger partial charge in [-0.15, -0.1) is 0 Å². The van der Waals surface area contributed by atoms with E-state index in [0.29, 0.717) is 0 Å². The van der Waals surface area contributed by atoms with E-state index in [0.717, 1.165) is 44.0 Å². The van der Waals surface area contributed by atoms with Gasteiger partial charge >= 0.3 is 0 Å². The monoisotopic (exact) mass is 278 g/mol. The number of hydrogen-bond donors (Lipinski definition) is 1. The molecule has 20 heavy (non-hydrogen) atoms. The molecular formula is C17H30N2O. The van der Waals surface area contributed by atoms with Crippen LogP contribution in [0.2, 0.25) is 0 Å². The van der Waals surface area contributed by atoms with Crippen LogP contribution in [0.5, 0.6) is 5.75 Å². The second-order valence-electron chi connectivity index (χ2n) is 5.26. The summed E-state index contributed by atoms with van der Waals surface area (Å²) in [7, 11) is 0. The fourth-order valence-corrected chi connectivity index (χ4v) is 2.19. The largest absolute Gasteiger partial charge is 0.491 e. The number of hydrogen-bond acceptors (Lipinski definition) is 3. The van der Waals surface area contributed by atoms with E-state index in [1.807, 2.05) is 6.07 Å². The van der Waals surface area contributed by atoms with Gasteiger partial charge < -0.3 is 15.4 Å². The number of nitrogens with two attached hydrogens (primary N) is 1. The Balaban J connectivity index is 2.49.